The number of nitro groups is 1. The first-order valence-electron chi connectivity index (χ1n) is 6.03. The molecule has 0 fully saturated rings. The summed E-state index contributed by atoms with van der Waals surface area (Å²) in [6, 6.07) is 0.995. The first kappa shape index (κ1) is 17.1. The van der Waals surface area contributed by atoms with Crippen molar-refractivity contribution in [3.8, 4) is 0 Å². The highest BCUT2D eigenvalue weighted by Gasteiger charge is 2.21. The fourth-order valence-corrected chi connectivity index (χ4v) is 1.69. The SMILES string of the molecule is COCCNC(=O)C(C)Nc1cc(F)c(Cl)cc1[N+](=O)[O-]. The summed E-state index contributed by atoms with van der Waals surface area (Å²) in [5, 5.41) is 15.7. The Labute approximate surface area is 125 Å². The summed E-state index contributed by atoms with van der Waals surface area (Å²) in [5.41, 5.74) is -0.519. The molecule has 9 heteroatoms. The van der Waals surface area contributed by atoms with Gasteiger partial charge in [0.05, 0.1) is 16.6 Å². The van der Waals surface area contributed by atoms with Crippen molar-refractivity contribution in [2.75, 3.05) is 25.6 Å². The van der Waals surface area contributed by atoms with Gasteiger partial charge in [-0.2, -0.15) is 0 Å². The molecule has 21 heavy (non-hydrogen) atoms. The number of halogens is 2. The van der Waals surface area contributed by atoms with E-state index in [1.54, 1.807) is 0 Å². The van der Waals surface area contributed by atoms with E-state index >= 15 is 0 Å². The predicted octanol–water partition coefficient (Wildman–Crippen LogP) is 1.95. The van der Waals surface area contributed by atoms with Crippen molar-refractivity contribution in [3.63, 3.8) is 0 Å². The van der Waals surface area contributed by atoms with Gasteiger partial charge in [-0.25, -0.2) is 4.39 Å². The number of hydrogen-bond acceptors (Lipinski definition) is 5. The van der Waals surface area contributed by atoms with E-state index in [4.69, 9.17) is 16.3 Å². The molecule has 1 rings (SSSR count). The van der Waals surface area contributed by atoms with Crippen LogP contribution in [0.3, 0.4) is 0 Å². The topological polar surface area (TPSA) is 93.5 Å². The van der Waals surface area contributed by atoms with Crippen LogP contribution in [-0.2, 0) is 9.53 Å². The summed E-state index contributed by atoms with van der Waals surface area (Å²) in [6.07, 6.45) is 0. The molecule has 2 N–H and O–H groups in total. The third kappa shape index (κ3) is 4.83. The molecule has 0 aliphatic rings. The van der Waals surface area contributed by atoms with Crippen LogP contribution in [-0.4, -0.2) is 37.1 Å². The molecule has 0 saturated carbocycles. The summed E-state index contributed by atoms with van der Waals surface area (Å²) in [4.78, 5) is 21.9. The van der Waals surface area contributed by atoms with Gasteiger partial charge in [-0.1, -0.05) is 11.6 Å². The molecule has 1 unspecified atom stereocenters. The van der Waals surface area contributed by atoms with Crippen molar-refractivity contribution < 1.29 is 18.8 Å². The number of methoxy groups -OCH3 is 1. The van der Waals surface area contributed by atoms with Gasteiger partial charge in [-0.3, -0.25) is 14.9 Å². The zero-order chi connectivity index (χ0) is 16.0. The maximum absolute atomic E-state index is 13.4. The summed E-state index contributed by atoms with van der Waals surface area (Å²) in [6.45, 7) is 2.14. The van der Waals surface area contributed by atoms with Gasteiger partial charge in [0, 0.05) is 25.8 Å². The third-order valence-electron chi connectivity index (χ3n) is 2.61. The lowest BCUT2D eigenvalue weighted by Crippen LogP contribution is -2.39. The average molecular weight is 320 g/mol. The maximum Gasteiger partial charge on any atom is 0.294 e. The Morgan fingerprint density at radius 3 is 2.81 bits per heavy atom. The Morgan fingerprint density at radius 2 is 2.24 bits per heavy atom. The second kappa shape index (κ2) is 7.75. The maximum atomic E-state index is 13.4. The minimum atomic E-state index is -0.809. The zero-order valence-electron chi connectivity index (χ0n) is 11.5. The number of rotatable bonds is 7. The van der Waals surface area contributed by atoms with Crippen LogP contribution >= 0.6 is 11.6 Å². The summed E-state index contributed by atoms with van der Waals surface area (Å²) in [5.74, 6) is -1.20. The number of benzene rings is 1. The van der Waals surface area contributed by atoms with E-state index < -0.39 is 28.4 Å². The smallest absolute Gasteiger partial charge is 0.294 e. The molecule has 0 saturated heterocycles. The number of nitrogens with zero attached hydrogens (tertiary/aromatic N) is 1. The molecule has 0 radical (unpaired) electrons. The van der Waals surface area contributed by atoms with Gasteiger partial charge >= 0.3 is 0 Å². The number of carbonyl (C=O) groups is 1. The zero-order valence-corrected chi connectivity index (χ0v) is 12.2. The number of nitro benzene ring substituents is 1. The van der Waals surface area contributed by atoms with Gasteiger partial charge in [-0.15, -0.1) is 0 Å². The van der Waals surface area contributed by atoms with Crippen LogP contribution in [0.2, 0.25) is 5.02 Å². The lowest BCUT2D eigenvalue weighted by molar-refractivity contribution is -0.384. The molecular weight excluding hydrogens is 305 g/mol. The van der Waals surface area contributed by atoms with Crippen molar-refractivity contribution in [3.05, 3.63) is 33.1 Å². The molecule has 1 atom stereocenters. The molecule has 0 aromatic heterocycles. The molecule has 1 aromatic carbocycles. The normalized spacial score (nSPS) is 11.8. The summed E-state index contributed by atoms with van der Waals surface area (Å²) in [7, 11) is 1.49. The standard InChI is InChI=1S/C12H15ClFN3O4/c1-7(12(18)15-3-4-21-2)16-10-6-9(14)8(13)5-11(10)17(19)20/h5-7,16H,3-4H2,1-2H3,(H,15,18). The number of anilines is 1. The Kier molecular flexibility index (Phi) is 6.32. The lowest BCUT2D eigenvalue weighted by Gasteiger charge is -2.15. The predicted molar refractivity (Wildman–Crippen MR) is 76.0 cm³/mol. The van der Waals surface area contributed by atoms with Crippen LogP contribution in [0, 0.1) is 15.9 Å². The van der Waals surface area contributed by atoms with Crippen LogP contribution in [0.1, 0.15) is 6.92 Å². The lowest BCUT2D eigenvalue weighted by atomic mass is 10.2. The first-order chi connectivity index (χ1) is 9.86. The van der Waals surface area contributed by atoms with Crippen molar-refractivity contribution >= 4 is 28.9 Å². The first-order valence-corrected chi connectivity index (χ1v) is 6.41. The highest BCUT2D eigenvalue weighted by atomic mass is 35.5. The molecule has 0 spiro atoms. The third-order valence-corrected chi connectivity index (χ3v) is 2.90. The summed E-state index contributed by atoms with van der Waals surface area (Å²) >= 11 is 5.51. The summed E-state index contributed by atoms with van der Waals surface area (Å²) < 4.78 is 18.2. The molecule has 1 aromatic rings. The van der Waals surface area contributed by atoms with Crippen molar-refractivity contribution in [1.82, 2.24) is 5.32 Å². The minimum Gasteiger partial charge on any atom is -0.383 e. The van der Waals surface area contributed by atoms with Gasteiger partial charge in [0.2, 0.25) is 5.91 Å². The molecule has 0 aliphatic heterocycles. The van der Waals surface area contributed by atoms with Gasteiger partial charge in [0.25, 0.3) is 5.69 Å². The highest BCUT2D eigenvalue weighted by Crippen LogP contribution is 2.30. The number of nitrogens with one attached hydrogen (secondary N) is 2. The second-order valence-corrected chi connectivity index (χ2v) is 4.60. The van der Waals surface area contributed by atoms with Gasteiger partial charge < -0.3 is 15.4 Å². The largest absolute Gasteiger partial charge is 0.383 e. The Bertz CT molecular complexity index is 541. The Hall–Kier alpha value is -1.93. The molecule has 0 aliphatic carbocycles. The van der Waals surface area contributed by atoms with Crippen molar-refractivity contribution in [2.45, 2.75) is 13.0 Å². The van der Waals surface area contributed by atoms with E-state index in [9.17, 15) is 19.3 Å². The average Bonchev–Trinajstić information content (AvgIpc) is 2.42. The minimum absolute atomic E-state index is 0.115. The number of carbonyl (C=O) groups excluding carboxylic acids is 1. The molecule has 7 nitrogen and oxygen atoms in total. The van der Waals surface area contributed by atoms with E-state index in [-0.39, 0.29) is 10.7 Å². The second-order valence-electron chi connectivity index (χ2n) is 4.19. The van der Waals surface area contributed by atoms with E-state index in [0.29, 0.717) is 13.2 Å². The molecule has 1 amide bonds. The fourth-order valence-electron chi connectivity index (χ4n) is 1.53. The number of amides is 1. The molecule has 0 heterocycles. The van der Waals surface area contributed by atoms with Gasteiger partial charge in [0.15, 0.2) is 0 Å². The van der Waals surface area contributed by atoms with Crippen molar-refractivity contribution in [1.29, 1.82) is 0 Å². The van der Waals surface area contributed by atoms with Crippen LogP contribution in [0.5, 0.6) is 0 Å². The molecular formula is C12H15ClFN3O4. The fraction of sp³-hybridized carbons (Fsp3) is 0.417. The van der Waals surface area contributed by atoms with Crippen molar-refractivity contribution in [2.24, 2.45) is 0 Å². The Morgan fingerprint density at radius 1 is 1.57 bits per heavy atom. The highest BCUT2D eigenvalue weighted by molar-refractivity contribution is 6.31. The van der Waals surface area contributed by atoms with Crippen LogP contribution < -0.4 is 10.6 Å². The van der Waals surface area contributed by atoms with Gasteiger partial charge in [0.1, 0.15) is 17.5 Å². The van der Waals surface area contributed by atoms with E-state index in [0.717, 1.165) is 12.1 Å². The van der Waals surface area contributed by atoms with Gasteiger partial charge in [-0.05, 0) is 6.92 Å². The van der Waals surface area contributed by atoms with E-state index in [1.165, 1.54) is 14.0 Å². The van der Waals surface area contributed by atoms with E-state index in [1.807, 2.05) is 0 Å². The van der Waals surface area contributed by atoms with Crippen LogP contribution in [0.4, 0.5) is 15.8 Å². The monoisotopic (exact) mass is 319 g/mol. The number of hydrogen-bond donors (Lipinski definition) is 2. The number of ether oxygens (including phenoxy) is 1. The molecule has 116 valence electrons. The van der Waals surface area contributed by atoms with Crippen LogP contribution in [0.25, 0.3) is 0 Å². The Balaban J connectivity index is 2.84. The molecule has 0 bridgehead atoms. The van der Waals surface area contributed by atoms with Crippen LogP contribution in [0.15, 0.2) is 12.1 Å². The quantitative estimate of drug-likeness (QED) is 0.455. The van der Waals surface area contributed by atoms with E-state index in [2.05, 4.69) is 10.6 Å².